The van der Waals surface area contributed by atoms with E-state index in [9.17, 15) is 9.59 Å². The number of amides is 2. The molecular formula is C17H21N5O2S. The van der Waals surface area contributed by atoms with E-state index in [0.717, 1.165) is 29.8 Å². The maximum Gasteiger partial charge on any atom is 0.261 e. The third-order valence-electron chi connectivity index (χ3n) is 3.81. The Balaban J connectivity index is 1.41. The molecule has 3 N–H and O–H groups in total. The van der Waals surface area contributed by atoms with Gasteiger partial charge in [0.1, 0.15) is 0 Å². The van der Waals surface area contributed by atoms with Crippen LogP contribution in [0.15, 0.2) is 24.5 Å². The van der Waals surface area contributed by atoms with Crippen molar-refractivity contribution in [1.82, 2.24) is 15.3 Å². The van der Waals surface area contributed by atoms with Crippen LogP contribution < -0.4 is 16.0 Å². The Morgan fingerprint density at radius 1 is 1.24 bits per heavy atom. The zero-order chi connectivity index (χ0) is 17.6. The Hall–Kier alpha value is -2.48. The average molecular weight is 359 g/mol. The van der Waals surface area contributed by atoms with E-state index in [1.165, 1.54) is 11.3 Å². The number of nitrogens with zero attached hydrogens (tertiary/aromatic N) is 2. The number of anilines is 2. The zero-order valence-electron chi connectivity index (χ0n) is 14.0. The second-order valence-electron chi connectivity index (χ2n) is 5.99. The number of hydrogen-bond acceptors (Lipinski definition) is 6. The van der Waals surface area contributed by atoms with E-state index in [2.05, 4.69) is 25.9 Å². The number of nitrogens with one attached hydrogen (secondary N) is 3. The Morgan fingerprint density at radius 2 is 2.00 bits per heavy atom. The number of carbonyl (C=O) groups is 2. The van der Waals surface area contributed by atoms with E-state index in [-0.39, 0.29) is 17.7 Å². The van der Waals surface area contributed by atoms with Crippen LogP contribution in [0.4, 0.5) is 10.9 Å². The van der Waals surface area contributed by atoms with Gasteiger partial charge in [0.25, 0.3) is 5.91 Å². The predicted molar refractivity (Wildman–Crippen MR) is 97.9 cm³/mol. The van der Waals surface area contributed by atoms with Crippen LogP contribution in [0.5, 0.6) is 0 Å². The summed E-state index contributed by atoms with van der Waals surface area (Å²) in [6, 6.07) is 3.62. The van der Waals surface area contributed by atoms with Crippen molar-refractivity contribution in [1.29, 1.82) is 0 Å². The summed E-state index contributed by atoms with van der Waals surface area (Å²) in [4.78, 5) is 32.9. The highest BCUT2D eigenvalue weighted by Crippen LogP contribution is 2.32. The molecule has 2 aromatic heterocycles. The van der Waals surface area contributed by atoms with Gasteiger partial charge in [-0.3, -0.25) is 9.59 Å². The third kappa shape index (κ3) is 4.99. The van der Waals surface area contributed by atoms with Gasteiger partial charge < -0.3 is 16.0 Å². The van der Waals surface area contributed by atoms with E-state index in [0.29, 0.717) is 23.9 Å². The molecule has 1 fully saturated rings. The van der Waals surface area contributed by atoms with Crippen LogP contribution in [0.1, 0.15) is 34.5 Å². The Kier molecular flexibility index (Phi) is 5.60. The fraction of sp³-hybridized carbons (Fsp3) is 0.412. The smallest absolute Gasteiger partial charge is 0.261 e. The molecule has 2 aromatic rings. The van der Waals surface area contributed by atoms with E-state index >= 15 is 0 Å². The molecule has 25 heavy (non-hydrogen) atoms. The topological polar surface area (TPSA) is 96.0 Å². The minimum absolute atomic E-state index is 0.0578. The van der Waals surface area contributed by atoms with Crippen LogP contribution in [-0.4, -0.2) is 34.9 Å². The fourth-order valence-corrected chi connectivity index (χ4v) is 3.29. The molecule has 7 nitrogen and oxygen atoms in total. The number of carbonyl (C=O) groups excluding carboxylic acids is 2. The second-order valence-corrected chi connectivity index (χ2v) is 7.05. The molecule has 0 unspecified atom stereocenters. The van der Waals surface area contributed by atoms with Gasteiger partial charge in [0.15, 0.2) is 0 Å². The van der Waals surface area contributed by atoms with Crippen molar-refractivity contribution in [3.63, 3.8) is 0 Å². The van der Waals surface area contributed by atoms with Gasteiger partial charge in [0, 0.05) is 31.4 Å². The lowest BCUT2D eigenvalue weighted by atomic mass is 10.2. The molecule has 1 aliphatic rings. The van der Waals surface area contributed by atoms with Gasteiger partial charge >= 0.3 is 0 Å². The van der Waals surface area contributed by atoms with Crippen molar-refractivity contribution in [2.24, 2.45) is 5.92 Å². The zero-order valence-corrected chi connectivity index (χ0v) is 14.9. The van der Waals surface area contributed by atoms with E-state index < -0.39 is 0 Å². The molecule has 3 rings (SSSR count). The standard InChI is InChI=1S/C17H21N5O2S/c1-11-10-13(22-15(23)12-4-5-12)25-14(11)16(24)18-6-2-7-19-17-20-8-3-9-21-17/h3,8-10,12H,2,4-7H2,1H3,(H,18,24)(H,22,23)(H,19,20,21). The first-order chi connectivity index (χ1) is 12.1. The van der Waals surface area contributed by atoms with Crippen molar-refractivity contribution in [2.45, 2.75) is 26.2 Å². The number of aromatic nitrogens is 2. The van der Waals surface area contributed by atoms with Crippen molar-refractivity contribution < 1.29 is 9.59 Å². The average Bonchev–Trinajstić information content (AvgIpc) is 3.39. The van der Waals surface area contributed by atoms with Gasteiger partial charge in [-0.05, 0) is 43.9 Å². The van der Waals surface area contributed by atoms with Gasteiger partial charge in [-0.15, -0.1) is 11.3 Å². The fourth-order valence-electron chi connectivity index (χ4n) is 2.30. The first-order valence-corrected chi connectivity index (χ1v) is 9.15. The van der Waals surface area contributed by atoms with Crippen LogP contribution in [0.3, 0.4) is 0 Å². The molecular weight excluding hydrogens is 338 g/mol. The molecule has 2 heterocycles. The Morgan fingerprint density at radius 3 is 2.72 bits per heavy atom. The summed E-state index contributed by atoms with van der Waals surface area (Å²) >= 11 is 1.32. The monoisotopic (exact) mass is 359 g/mol. The Bertz CT molecular complexity index is 743. The molecule has 0 atom stereocenters. The number of aryl methyl sites for hydroxylation is 1. The first kappa shape index (κ1) is 17.3. The second kappa shape index (κ2) is 8.06. The molecule has 1 saturated carbocycles. The summed E-state index contributed by atoms with van der Waals surface area (Å²) in [5.41, 5.74) is 0.879. The molecule has 132 valence electrons. The molecule has 0 spiro atoms. The highest BCUT2D eigenvalue weighted by Gasteiger charge is 2.30. The molecule has 0 saturated heterocycles. The molecule has 2 amide bonds. The van der Waals surface area contributed by atoms with Crippen LogP contribution in [0, 0.1) is 12.8 Å². The molecule has 0 bridgehead atoms. The van der Waals surface area contributed by atoms with Crippen LogP contribution >= 0.6 is 11.3 Å². The summed E-state index contributed by atoms with van der Waals surface area (Å²) in [5, 5.41) is 9.63. The number of hydrogen-bond donors (Lipinski definition) is 3. The Labute approximate surface area is 150 Å². The summed E-state index contributed by atoms with van der Waals surface area (Å²) < 4.78 is 0. The van der Waals surface area contributed by atoms with Crippen molar-refractivity contribution in [3.8, 4) is 0 Å². The first-order valence-electron chi connectivity index (χ1n) is 8.34. The van der Waals surface area contributed by atoms with Crippen LogP contribution in [0.25, 0.3) is 0 Å². The van der Waals surface area contributed by atoms with Gasteiger partial charge in [0.2, 0.25) is 11.9 Å². The third-order valence-corrected chi connectivity index (χ3v) is 4.96. The molecule has 8 heteroatoms. The van der Waals surface area contributed by atoms with Gasteiger partial charge in [-0.25, -0.2) is 9.97 Å². The summed E-state index contributed by atoms with van der Waals surface area (Å²) in [7, 11) is 0. The van der Waals surface area contributed by atoms with Crippen molar-refractivity contribution >= 4 is 34.1 Å². The van der Waals surface area contributed by atoms with Crippen LogP contribution in [-0.2, 0) is 4.79 Å². The summed E-state index contributed by atoms with van der Waals surface area (Å²) in [5.74, 6) is 0.688. The maximum atomic E-state index is 12.3. The normalized spacial score (nSPS) is 13.3. The summed E-state index contributed by atoms with van der Waals surface area (Å²) in [6.45, 7) is 3.11. The van der Waals surface area contributed by atoms with Crippen molar-refractivity contribution in [2.75, 3.05) is 23.7 Å². The lowest BCUT2D eigenvalue weighted by Crippen LogP contribution is -2.25. The largest absolute Gasteiger partial charge is 0.354 e. The number of rotatable bonds is 8. The minimum Gasteiger partial charge on any atom is -0.354 e. The molecule has 0 aliphatic heterocycles. The van der Waals surface area contributed by atoms with Crippen molar-refractivity contribution in [3.05, 3.63) is 35.0 Å². The lowest BCUT2D eigenvalue weighted by molar-refractivity contribution is -0.117. The highest BCUT2D eigenvalue weighted by atomic mass is 32.1. The maximum absolute atomic E-state index is 12.3. The van der Waals surface area contributed by atoms with Gasteiger partial charge in [-0.1, -0.05) is 0 Å². The molecule has 0 radical (unpaired) electrons. The van der Waals surface area contributed by atoms with E-state index in [1.54, 1.807) is 18.5 Å². The highest BCUT2D eigenvalue weighted by molar-refractivity contribution is 7.18. The van der Waals surface area contributed by atoms with E-state index in [4.69, 9.17) is 0 Å². The van der Waals surface area contributed by atoms with Gasteiger partial charge in [0.05, 0.1) is 9.88 Å². The SMILES string of the molecule is Cc1cc(NC(=O)C2CC2)sc1C(=O)NCCCNc1ncccn1. The summed E-state index contributed by atoms with van der Waals surface area (Å²) in [6.07, 6.45) is 6.05. The lowest BCUT2D eigenvalue weighted by Gasteiger charge is -2.06. The predicted octanol–water partition coefficient (Wildman–Crippen LogP) is 2.43. The quantitative estimate of drug-likeness (QED) is 0.629. The molecule has 1 aliphatic carbocycles. The number of thiophene rings is 1. The molecule has 0 aromatic carbocycles. The van der Waals surface area contributed by atoms with Gasteiger partial charge in [-0.2, -0.15) is 0 Å². The van der Waals surface area contributed by atoms with E-state index in [1.807, 2.05) is 13.0 Å². The van der Waals surface area contributed by atoms with Crippen LogP contribution in [0.2, 0.25) is 0 Å². The minimum atomic E-state index is -0.106.